The number of carboxylic acid groups (broad SMARTS) is 1. The molecule has 1 aliphatic carbocycles. The highest BCUT2D eigenvalue weighted by Crippen LogP contribution is 2.35. The number of aliphatic carboxylic acids is 1. The first-order chi connectivity index (χ1) is 9.49. The molecule has 20 heavy (non-hydrogen) atoms. The van der Waals surface area contributed by atoms with Crippen LogP contribution in [0.5, 0.6) is 0 Å². The molecule has 1 unspecified atom stereocenters. The average molecular weight is 292 g/mol. The zero-order valence-electron chi connectivity index (χ0n) is 11.0. The maximum absolute atomic E-state index is 12.3. The smallest absolute Gasteiger partial charge is 0.310 e. The number of fused-ring (bicyclic) bond motifs is 1. The van der Waals surface area contributed by atoms with Crippen LogP contribution < -0.4 is 0 Å². The normalized spacial score (nSPS) is 16.3. The predicted octanol–water partition coefficient (Wildman–Crippen LogP) is 3.53. The molecule has 2 aromatic rings. The third-order valence-electron chi connectivity index (χ3n) is 3.80. The molecular formula is C15H14ClNO3. The number of hydrogen-bond acceptors (Lipinski definition) is 2. The van der Waals surface area contributed by atoms with Crippen molar-refractivity contribution in [3.8, 4) is 0 Å². The summed E-state index contributed by atoms with van der Waals surface area (Å²) in [5, 5.41) is 10.5. The maximum Gasteiger partial charge on any atom is 0.310 e. The Hall–Kier alpha value is -1.81. The monoisotopic (exact) mass is 291 g/mol. The highest BCUT2D eigenvalue weighted by atomic mass is 35.5. The fourth-order valence-electron chi connectivity index (χ4n) is 2.41. The lowest BCUT2D eigenvalue weighted by atomic mass is 10.0. The van der Waals surface area contributed by atoms with Crippen LogP contribution >= 0.6 is 11.6 Å². The molecule has 1 aliphatic rings. The van der Waals surface area contributed by atoms with Gasteiger partial charge in [-0.15, -0.1) is 0 Å². The SMILES string of the molecule is CC(C(=O)O)c1cn(C(=O)C2CC2)c2cc(Cl)ccc12. The van der Waals surface area contributed by atoms with Gasteiger partial charge in [0, 0.05) is 22.5 Å². The number of carbonyl (C=O) groups excluding carboxylic acids is 1. The van der Waals surface area contributed by atoms with Crippen LogP contribution in [0.4, 0.5) is 0 Å². The number of aromatic nitrogens is 1. The van der Waals surface area contributed by atoms with Gasteiger partial charge in [0.25, 0.3) is 0 Å². The molecule has 1 N–H and O–H groups in total. The summed E-state index contributed by atoms with van der Waals surface area (Å²) in [6, 6.07) is 5.21. The van der Waals surface area contributed by atoms with Crippen LogP contribution in [0.15, 0.2) is 24.4 Å². The summed E-state index contributed by atoms with van der Waals surface area (Å²) < 4.78 is 1.56. The summed E-state index contributed by atoms with van der Waals surface area (Å²) >= 11 is 6.00. The van der Waals surface area contributed by atoms with Gasteiger partial charge in [-0.2, -0.15) is 0 Å². The van der Waals surface area contributed by atoms with Crippen LogP contribution in [0.1, 0.15) is 36.0 Å². The Morgan fingerprint density at radius 3 is 2.70 bits per heavy atom. The highest BCUT2D eigenvalue weighted by Gasteiger charge is 2.32. The van der Waals surface area contributed by atoms with Crippen LogP contribution in [0.3, 0.4) is 0 Å². The fraction of sp³-hybridized carbons (Fsp3) is 0.333. The molecule has 0 radical (unpaired) electrons. The van der Waals surface area contributed by atoms with Gasteiger partial charge in [0.15, 0.2) is 0 Å². The topological polar surface area (TPSA) is 59.3 Å². The van der Waals surface area contributed by atoms with E-state index in [1.807, 2.05) is 0 Å². The molecule has 1 atom stereocenters. The molecule has 1 fully saturated rings. The van der Waals surface area contributed by atoms with E-state index in [9.17, 15) is 14.7 Å². The predicted molar refractivity (Wildman–Crippen MR) is 76.3 cm³/mol. The van der Waals surface area contributed by atoms with E-state index in [4.69, 9.17) is 11.6 Å². The summed E-state index contributed by atoms with van der Waals surface area (Å²) in [5.74, 6) is -1.47. The van der Waals surface area contributed by atoms with E-state index in [0.717, 1.165) is 18.2 Å². The lowest BCUT2D eigenvalue weighted by Gasteiger charge is -2.03. The van der Waals surface area contributed by atoms with Crippen molar-refractivity contribution >= 4 is 34.4 Å². The van der Waals surface area contributed by atoms with Crippen molar-refractivity contribution in [3.63, 3.8) is 0 Å². The van der Waals surface area contributed by atoms with E-state index in [2.05, 4.69) is 0 Å². The van der Waals surface area contributed by atoms with Gasteiger partial charge < -0.3 is 5.11 Å². The lowest BCUT2D eigenvalue weighted by Crippen LogP contribution is -2.11. The van der Waals surface area contributed by atoms with Crippen molar-refractivity contribution < 1.29 is 14.7 Å². The second-order valence-electron chi connectivity index (χ2n) is 5.29. The Balaban J connectivity index is 2.21. The number of nitrogens with zero attached hydrogens (tertiary/aromatic N) is 1. The second kappa shape index (κ2) is 4.63. The molecule has 104 valence electrons. The van der Waals surface area contributed by atoms with Crippen molar-refractivity contribution in [2.24, 2.45) is 5.92 Å². The van der Waals surface area contributed by atoms with Crippen LogP contribution in [0.25, 0.3) is 10.9 Å². The number of rotatable bonds is 3. The van der Waals surface area contributed by atoms with Gasteiger partial charge in [0.05, 0.1) is 11.4 Å². The minimum atomic E-state index is -0.905. The van der Waals surface area contributed by atoms with Crippen LogP contribution in [0.2, 0.25) is 5.02 Å². The minimum absolute atomic E-state index is 0.0288. The van der Waals surface area contributed by atoms with E-state index >= 15 is 0 Å². The molecule has 0 spiro atoms. The number of halogens is 1. The lowest BCUT2D eigenvalue weighted by molar-refractivity contribution is -0.138. The Labute approximate surface area is 121 Å². The molecule has 5 heteroatoms. The third kappa shape index (κ3) is 2.10. The van der Waals surface area contributed by atoms with Gasteiger partial charge in [-0.25, -0.2) is 0 Å². The Morgan fingerprint density at radius 2 is 2.10 bits per heavy atom. The first-order valence-electron chi connectivity index (χ1n) is 6.56. The van der Waals surface area contributed by atoms with Crippen molar-refractivity contribution in [3.05, 3.63) is 35.0 Å². The van der Waals surface area contributed by atoms with E-state index in [1.54, 1.807) is 35.9 Å². The van der Waals surface area contributed by atoms with Crippen molar-refractivity contribution in [1.29, 1.82) is 0 Å². The average Bonchev–Trinajstić information content (AvgIpc) is 3.18. The molecule has 0 amide bonds. The first kappa shape index (κ1) is 13.2. The van der Waals surface area contributed by atoms with Crippen molar-refractivity contribution in [2.45, 2.75) is 25.7 Å². The summed E-state index contributed by atoms with van der Waals surface area (Å²) in [5.41, 5.74) is 1.34. The van der Waals surface area contributed by atoms with Gasteiger partial charge in [-0.3, -0.25) is 14.2 Å². The maximum atomic E-state index is 12.3. The van der Waals surface area contributed by atoms with E-state index < -0.39 is 11.9 Å². The Morgan fingerprint density at radius 1 is 1.40 bits per heavy atom. The molecule has 4 nitrogen and oxygen atoms in total. The second-order valence-corrected chi connectivity index (χ2v) is 5.72. The standard InChI is InChI=1S/C15H14ClNO3/c1-8(15(19)20)12-7-17(14(18)9-2-3-9)13-6-10(16)4-5-11(12)13/h4-9H,2-3H2,1H3,(H,19,20). The largest absolute Gasteiger partial charge is 0.481 e. The molecular weight excluding hydrogens is 278 g/mol. The molecule has 1 aromatic heterocycles. The quantitative estimate of drug-likeness (QED) is 0.941. The van der Waals surface area contributed by atoms with Gasteiger partial charge in [-0.05, 0) is 37.5 Å². The zero-order chi connectivity index (χ0) is 14.4. The summed E-state index contributed by atoms with van der Waals surface area (Å²) in [6.45, 7) is 1.62. The summed E-state index contributed by atoms with van der Waals surface area (Å²) in [4.78, 5) is 23.5. The first-order valence-corrected chi connectivity index (χ1v) is 6.94. The Kier molecular flexibility index (Phi) is 3.05. The van der Waals surface area contributed by atoms with E-state index in [0.29, 0.717) is 16.1 Å². The molecule has 3 rings (SSSR count). The number of benzene rings is 1. The van der Waals surface area contributed by atoms with Crippen molar-refractivity contribution in [1.82, 2.24) is 4.57 Å². The molecule has 1 saturated carbocycles. The van der Waals surface area contributed by atoms with E-state index in [1.165, 1.54) is 0 Å². The van der Waals surface area contributed by atoms with Crippen molar-refractivity contribution in [2.75, 3.05) is 0 Å². The zero-order valence-corrected chi connectivity index (χ0v) is 11.7. The van der Waals surface area contributed by atoms with Gasteiger partial charge in [0.1, 0.15) is 0 Å². The van der Waals surface area contributed by atoms with Crippen LogP contribution in [0, 0.1) is 5.92 Å². The van der Waals surface area contributed by atoms with Crippen LogP contribution in [-0.2, 0) is 4.79 Å². The molecule has 0 aliphatic heterocycles. The molecule has 1 aromatic carbocycles. The number of carboxylic acids is 1. The Bertz CT molecular complexity index is 715. The van der Waals surface area contributed by atoms with Crippen LogP contribution in [-0.4, -0.2) is 21.6 Å². The third-order valence-corrected chi connectivity index (χ3v) is 4.03. The van der Waals surface area contributed by atoms with Gasteiger partial charge >= 0.3 is 5.97 Å². The fourth-order valence-corrected chi connectivity index (χ4v) is 2.58. The molecule has 1 heterocycles. The van der Waals surface area contributed by atoms with Gasteiger partial charge in [0.2, 0.25) is 5.91 Å². The molecule has 0 bridgehead atoms. The number of carbonyl (C=O) groups is 2. The minimum Gasteiger partial charge on any atom is -0.481 e. The highest BCUT2D eigenvalue weighted by molar-refractivity contribution is 6.31. The number of hydrogen-bond donors (Lipinski definition) is 1. The summed E-state index contributed by atoms with van der Waals surface area (Å²) in [6.07, 6.45) is 3.46. The van der Waals surface area contributed by atoms with Gasteiger partial charge in [-0.1, -0.05) is 17.7 Å². The summed E-state index contributed by atoms with van der Waals surface area (Å²) in [7, 11) is 0. The molecule has 0 saturated heterocycles. The van der Waals surface area contributed by atoms with E-state index in [-0.39, 0.29) is 11.8 Å².